The Morgan fingerprint density at radius 1 is 1.29 bits per heavy atom. The largest absolute Gasteiger partial charge is 0.381 e. The van der Waals surface area contributed by atoms with E-state index >= 15 is 0 Å². The van der Waals surface area contributed by atoms with Gasteiger partial charge in [-0.2, -0.15) is 10.3 Å². The zero-order valence-corrected chi connectivity index (χ0v) is 13.0. The quantitative estimate of drug-likeness (QED) is 0.861. The van der Waals surface area contributed by atoms with Gasteiger partial charge in [0.2, 0.25) is 0 Å². The molecule has 0 aliphatic carbocycles. The van der Waals surface area contributed by atoms with Crippen LogP contribution in [0.2, 0.25) is 0 Å². The van der Waals surface area contributed by atoms with Gasteiger partial charge in [0.25, 0.3) is 0 Å². The highest BCUT2D eigenvalue weighted by Gasteiger charge is 2.18. The summed E-state index contributed by atoms with van der Waals surface area (Å²) < 4.78 is 5.42. The summed E-state index contributed by atoms with van der Waals surface area (Å²) in [5.41, 5.74) is 2.61. The standard InChI is InChI=1S/C15H20N4OS/c1-20-14-6-8-19(9-7-14)13-4-2-12(3-5-13)11-21-15-10-16-18-17-15/h2-5,10,14H,6-9,11H2,1H3,(H,16,17,18). The van der Waals surface area contributed by atoms with E-state index in [4.69, 9.17) is 4.74 Å². The van der Waals surface area contributed by atoms with Crippen molar-refractivity contribution >= 4 is 17.4 Å². The second-order valence-electron chi connectivity index (χ2n) is 5.19. The summed E-state index contributed by atoms with van der Waals surface area (Å²) in [6, 6.07) is 8.83. The molecule has 0 amide bonds. The van der Waals surface area contributed by atoms with Crippen molar-refractivity contribution < 1.29 is 4.74 Å². The molecule has 0 saturated carbocycles. The number of hydrogen-bond donors (Lipinski definition) is 1. The Kier molecular flexibility index (Phi) is 4.77. The van der Waals surface area contributed by atoms with Gasteiger partial charge in [0.15, 0.2) is 0 Å². The highest BCUT2D eigenvalue weighted by molar-refractivity contribution is 7.98. The summed E-state index contributed by atoms with van der Waals surface area (Å²) in [5.74, 6) is 0.915. The lowest BCUT2D eigenvalue weighted by Gasteiger charge is -2.33. The van der Waals surface area contributed by atoms with Gasteiger partial charge in [-0.25, -0.2) is 0 Å². The van der Waals surface area contributed by atoms with Gasteiger partial charge < -0.3 is 9.64 Å². The Labute approximate surface area is 129 Å². The molecule has 6 heteroatoms. The molecule has 1 fully saturated rings. The lowest BCUT2D eigenvalue weighted by Crippen LogP contribution is -2.36. The first-order valence-electron chi connectivity index (χ1n) is 7.20. The fourth-order valence-corrected chi connectivity index (χ4v) is 3.31. The fourth-order valence-electron chi connectivity index (χ4n) is 2.57. The maximum atomic E-state index is 5.42. The van der Waals surface area contributed by atoms with E-state index in [-0.39, 0.29) is 0 Å². The third-order valence-electron chi connectivity index (χ3n) is 3.86. The summed E-state index contributed by atoms with van der Waals surface area (Å²) >= 11 is 1.69. The van der Waals surface area contributed by atoms with Crippen LogP contribution >= 0.6 is 11.8 Å². The number of anilines is 1. The molecule has 1 aromatic heterocycles. The van der Waals surface area contributed by atoms with Crippen LogP contribution in [0.15, 0.2) is 35.5 Å². The van der Waals surface area contributed by atoms with E-state index in [0.717, 1.165) is 36.7 Å². The molecule has 5 nitrogen and oxygen atoms in total. The van der Waals surface area contributed by atoms with Crippen LogP contribution in [-0.4, -0.2) is 41.7 Å². The van der Waals surface area contributed by atoms with Crippen LogP contribution in [0.5, 0.6) is 0 Å². The van der Waals surface area contributed by atoms with Crippen molar-refractivity contribution in [2.75, 3.05) is 25.1 Å². The van der Waals surface area contributed by atoms with Crippen LogP contribution in [0, 0.1) is 0 Å². The van der Waals surface area contributed by atoms with Crippen LogP contribution in [-0.2, 0) is 10.5 Å². The maximum Gasteiger partial charge on any atom is 0.139 e. The second kappa shape index (κ2) is 6.95. The summed E-state index contributed by atoms with van der Waals surface area (Å²) in [4.78, 5) is 2.43. The van der Waals surface area contributed by atoms with Crippen molar-refractivity contribution in [1.82, 2.24) is 15.4 Å². The van der Waals surface area contributed by atoms with Gasteiger partial charge in [-0.15, -0.1) is 5.10 Å². The molecular weight excluding hydrogens is 284 g/mol. The first kappa shape index (κ1) is 14.4. The molecule has 1 saturated heterocycles. The first-order chi connectivity index (χ1) is 10.3. The number of nitrogens with zero attached hydrogens (tertiary/aromatic N) is 3. The molecular formula is C15H20N4OS. The number of methoxy groups -OCH3 is 1. The van der Waals surface area contributed by atoms with Crippen molar-refractivity contribution in [2.24, 2.45) is 0 Å². The van der Waals surface area contributed by atoms with E-state index in [1.54, 1.807) is 18.0 Å². The molecule has 3 rings (SSSR count). The molecule has 1 aromatic carbocycles. The minimum absolute atomic E-state index is 0.430. The van der Waals surface area contributed by atoms with Crippen molar-refractivity contribution in [3.63, 3.8) is 0 Å². The number of H-pyrrole nitrogens is 1. The molecule has 1 aliphatic heterocycles. The molecule has 0 unspecified atom stereocenters. The van der Waals surface area contributed by atoms with Gasteiger partial charge in [-0.3, -0.25) is 0 Å². The van der Waals surface area contributed by atoms with E-state index in [1.165, 1.54) is 11.3 Å². The Hall–Kier alpha value is -1.53. The smallest absolute Gasteiger partial charge is 0.139 e. The number of piperidine rings is 1. The number of thioether (sulfide) groups is 1. The lowest BCUT2D eigenvalue weighted by molar-refractivity contribution is 0.0819. The van der Waals surface area contributed by atoms with Crippen molar-refractivity contribution in [2.45, 2.75) is 29.7 Å². The van der Waals surface area contributed by atoms with Gasteiger partial charge in [0.05, 0.1) is 12.3 Å². The van der Waals surface area contributed by atoms with Crippen molar-refractivity contribution in [1.29, 1.82) is 0 Å². The number of nitrogens with one attached hydrogen (secondary N) is 1. The predicted molar refractivity (Wildman–Crippen MR) is 84.6 cm³/mol. The lowest BCUT2D eigenvalue weighted by atomic mass is 10.1. The zero-order valence-electron chi connectivity index (χ0n) is 12.2. The SMILES string of the molecule is COC1CCN(c2ccc(CSc3cn[nH]n3)cc2)CC1. The highest BCUT2D eigenvalue weighted by Crippen LogP contribution is 2.24. The third-order valence-corrected chi connectivity index (χ3v) is 4.83. The normalized spacial score (nSPS) is 16.3. The predicted octanol–water partition coefficient (Wildman–Crippen LogP) is 2.71. The molecule has 2 aromatic rings. The molecule has 2 heterocycles. The van der Waals surface area contributed by atoms with E-state index in [1.807, 2.05) is 7.11 Å². The number of benzene rings is 1. The summed E-state index contributed by atoms with van der Waals surface area (Å²) in [7, 11) is 1.81. The van der Waals surface area contributed by atoms with E-state index < -0.39 is 0 Å². The molecule has 0 atom stereocenters. The molecule has 112 valence electrons. The molecule has 0 radical (unpaired) electrons. The van der Waals surface area contributed by atoms with E-state index in [9.17, 15) is 0 Å². The average molecular weight is 304 g/mol. The third kappa shape index (κ3) is 3.77. The van der Waals surface area contributed by atoms with E-state index in [2.05, 4.69) is 44.6 Å². The Morgan fingerprint density at radius 3 is 2.67 bits per heavy atom. The molecule has 0 bridgehead atoms. The van der Waals surface area contributed by atoms with Gasteiger partial charge in [0, 0.05) is 31.6 Å². The molecule has 1 N–H and O–H groups in total. The average Bonchev–Trinajstić information content (AvgIpc) is 3.07. The van der Waals surface area contributed by atoms with Crippen LogP contribution in [0.1, 0.15) is 18.4 Å². The minimum Gasteiger partial charge on any atom is -0.381 e. The van der Waals surface area contributed by atoms with Crippen molar-refractivity contribution in [3.8, 4) is 0 Å². The van der Waals surface area contributed by atoms with Crippen LogP contribution in [0.3, 0.4) is 0 Å². The van der Waals surface area contributed by atoms with E-state index in [0.29, 0.717) is 6.10 Å². The number of aromatic nitrogens is 3. The Bertz CT molecular complexity index is 535. The Morgan fingerprint density at radius 2 is 2.05 bits per heavy atom. The monoisotopic (exact) mass is 304 g/mol. The summed E-state index contributed by atoms with van der Waals surface area (Å²) in [6.07, 6.45) is 4.40. The summed E-state index contributed by atoms with van der Waals surface area (Å²) in [6.45, 7) is 2.15. The maximum absolute atomic E-state index is 5.42. The number of aromatic amines is 1. The van der Waals surface area contributed by atoms with Crippen molar-refractivity contribution in [3.05, 3.63) is 36.0 Å². The van der Waals surface area contributed by atoms with Crippen LogP contribution < -0.4 is 4.90 Å². The second-order valence-corrected chi connectivity index (χ2v) is 6.18. The number of ether oxygens (including phenoxy) is 1. The van der Waals surface area contributed by atoms with Gasteiger partial charge in [-0.05, 0) is 30.5 Å². The molecule has 0 spiro atoms. The first-order valence-corrected chi connectivity index (χ1v) is 8.19. The molecule has 21 heavy (non-hydrogen) atoms. The zero-order chi connectivity index (χ0) is 14.5. The Balaban J connectivity index is 1.54. The summed E-state index contributed by atoms with van der Waals surface area (Å²) in [5, 5.41) is 11.4. The van der Waals surface area contributed by atoms with Crippen LogP contribution in [0.4, 0.5) is 5.69 Å². The van der Waals surface area contributed by atoms with Crippen LogP contribution in [0.25, 0.3) is 0 Å². The van der Waals surface area contributed by atoms with Gasteiger partial charge in [-0.1, -0.05) is 23.9 Å². The topological polar surface area (TPSA) is 54.0 Å². The fraction of sp³-hybridized carbons (Fsp3) is 0.467. The number of hydrogen-bond acceptors (Lipinski definition) is 5. The molecule has 1 aliphatic rings. The van der Waals surface area contributed by atoms with Gasteiger partial charge >= 0.3 is 0 Å². The number of rotatable bonds is 5. The van der Waals surface area contributed by atoms with Gasteiger partial charge in [0.1, 0.15) is 5.03 Å². The highest BCUT2D eigenvalue weighted by atomic mass is 32.2. The minimum atomic E-state index is 0.430.